The van der Waals surface area contributed by atoms with E-state index < -0.39 is 18.6 Å². The van der Waals surface area contributed by atoms with Crippen LogP contribution < -0.4 is 10.1 Å². The van der Waals surface area contributed by atoms with E-state index in [1.54, 1.807) is 0 Å². The average Bonchev–Trinajstić information content (AvgIpc) is 2.54. The van der Waals surface area contributed by atoms with Gasteiger partial charge in [-0.15, -0.1) is 0 Å². The molecule has 134 valence electrons. The maximum absolute atomic E-state index is 12.2. The Labute approximate surface area is 140 Å². The molecule has 0 aromatic heterocycles. The molecule has 24 heavy (non-hydrogen) atoms. The van der Waals surface area contributed by atoms with E-state index in [-0.39, 0.29) is 17.9 Å². The highest BCUT2D eigenvalue weighted by molar-refractivity contribution is 5.94. The second kappa shape index (κ2) is 8.94. The number of carbonyl (C=O) groups excluding carboxylic acids is 1. The summed E-state index contributed by atoms with van der Waals surface area (Å²) in [4.78, 5) is 14.2. The number of benzene rings is 1. The Balaban J connectivity index is 1.77. The van der Waals surface area contributed by atoms with Gasteiger partial charge < -0.3 is 20.1 Å². The Morgan fingerprint density at radius 1 is 1.42 bits per heavy atom. The third-order valence-corrected chi connectivity index (χ3v) is 4.16. The van der Waals surface area contributed by atoms with E-state index in [2.05, 4.69) is 21.9 Å². The van der Waals surface area contributed by atoms with Crippen LogP contribution in [0.15, 0.2) is 24.3 Å². The molecule has 7 heteroatoms. The summed E-state index contributed by atoms with van der Waals surface area (Å²) in [6.07, 6.45) is 1.58. The fourth-order valence-electron chi connectivity index (χ4n) is 2.73. The van der Waals surface area contributed by atoms with Gasteiger partial charge in [0.05, 0.1) is 6.10 Å². The average molecular weight is 342 g/mol. The summed E-state index contributed by atoms with van der Waals surface area (Å²) in [6.45, 7) is 1.84. The number of aliphatic hydroxyl groups excluding tert-OH is 1. The first kappa shape index (κ1) is 18.6. The van der Waals surface area contributed by atoms with Gasteiger partial charge in [-0.2, -0.15) is 8.78 Å². The monoisotopic (exact) mass is 342 g/mol. The highest BCUT2D eigenvalue weighted by Crippen LogP contribution is 2.17. The number of piperidine rings is 1. The third-order valence-electron chi connectivity index (χ3n) is 4.16. The van der Waals surface area contributed by atoms with Crippen LogP contribution in [0.3, 0.4) is 0 Å². The summed E-state index contributed by atoms with van der Waals surface area (Å²) >= 11 is 0. The molecule has 1 unspecified atom stereocenters. The van der Waals surface area contributed by atoms with Crippen LogP contribution in [0.1, 0.15) is 30.1 Å². The highest BCUT2D eigenvalue weighted by Gasteiger charge is 2.19. The summed E-state index contributed by atoms with van der Waals surface area (Å²) in [5.74, 6) is 0.225. The Morgan fingerprint density at radius 2 is 2.12 bits per heavy atom. The van der Waals surface area contributed by atoms with Gasteiger partial charge in [-0.25, -0.2) is 0 Å². The number of β-amino-alcohol motifs (C(OH)–C–C–N with tert-alkyl or cyclic N) is 1. The molecule has 2 rings (SSSR count). The van der Waals surface area contributed by atoms with E-state index in [1.165, 1.54) is 24.3 Å². The molecule has 0 spiro atoms. The number of nitrogens with one attached hydrogen (secondary N) is 1. The third kappa shape index (κ3) is 6.05. The summed E-state index contributed by atoms with van der Waals surface area (Å²) in [5, 5.41) is 12.7. The fraction of sp³-hybridized carbons (Fsp3) is 0.588. The molecule has 1 aliphatic rings. The molecule has 1 heterocycles. The predicted molar refractivity (Wildman–Crippen MR) is 86.3 cm³/mol. The van der Waals surface area contributed by atoms with Crippen LogP contribution in [-0.4, -0.2) is 54.8 Å². The molecule has 2 N–H and O–H groups in total. The molecular formula is C17H24F2N2O3. The SMILES string of the molecule is CC1CCN(CC(O)CNC(=O)c2cccc(OC(F)F)c2)CC1. The lowest BCUT2D eigenvalue weighted by Crippen LogP contribution is -2.43. The van der Waals surface area contributed by atoms with Gasteiger partial charge in [0.2, 0.25) is 0 Å². The van der Waals surface area contributed by atoms with Crippen LogP contribution >= 0.6 is 0 Å². The number of nitrogens with zero attached hydrogens (tertiary/aromatic N) is 1. The van der Waals surface area contributed by atoms with Crippen LogP contribution in [-0.2, 0) is 0 Å². The molecule has 1 aromatic rings. The second-order valence-electron chi connectivity index (χ2n) is 6.25. The minimum absolute atomic E-state index is 0.0689. The Morgan fingerprint density at radius 3 is 2.79 bits per heavy atom. The molecule has 0 radical (unpaired) electrons. The zero-order chi connectivity index (χ0) is 17.5. The first-order valence-electron chi connectivity index (χ1n) is 8.17. The van der Waals surface area contributed by atoms with Gasteiger partial charge in [0.25, 0.3) is 5.91 Å². The van der Waals surface area contributed by atoms with Gasteiger partial charge in [-0.05, 0) is 50.0 Å². The molecule has 0 saturated carbocycles. The van der Waals surface area contributed by atoms with Gasteiger partial charge in [0, 0.05) is 18.7 Å². The molecule has 0 aliphatic carbocycles. The van der Waals surface area contributed by atoms with E-state index in [1.807, 2.05) is 0 Å². The molecule has 1 saturated heterocycles. The highest BCUT2D eigenvalue weighted by atomic mass is 19.3. The van der Waals surface area contributed by atoms with Crippen molar-refractivity contribution in [2.24, 2.45) is 5.92 Å². The first-order chi connectivity index (χ1) is 11.4. The van der Waals surface area contributed by atoms with Crippen molar-refractivity contribution < 1.29 is 23.4 Å². The molecule has 5 nitrogen and oxygen atoms in total. The van der Waals surface area contributed by atoms with Crippen molar-refractivity contribution in [3.63, 3.8) is 0 Å². The number of carbonyl (C=O) groups is 1. The molecule has 1 aliphatic heterocycles. The second-order valence-corrected chi connectivity index (χ2v) is 6.25. The van der Waals surface area contributed by atoms with Crippen molar-refractivity contribution in [2.75, 3.05) is 26.2 Å². The zero-order valence-electron chi connectivity index (χ0n) is 13.8. The number of halogens is 2. The van der Waals surface area contributed by atoms with E-state index in [0.29, 0.717) is 6.54 Å². The topological polar surface area (TPSA) is 61.8 Å². The number of amides is 1. The number of rotatable bonds is 7. The lowest BCUT2D eigenvalue weighted by atomic mass is 9.99. The number of likely N-dealkylation sites (tertiary alicyclic amines) is 1. The van der Waals surface area contributed by atoms with Crippen molar-refractivity contribution in [2.45, 2.75) is 32.5 Å². The molecule has 0 bridgehead atoms. The summed E-state index contributed by atoms with van der Waals surface area (Å²) in [7, 11) is 0. The minimum Gasteiger partial charge on any atom is -0.435 e. The Bertz CT molecular complexity index is 534. The summed E-state index contributed by atoms with van der Waals surface area (Å²) in [5.41, 5.74) is 0.215. The van der Waals surface area contributed by atoms with Crippen LogP contribution in [0, 0.1) is 5.92 Å². The van der Waals surface area contributed by atoms with E-state index in [4.69, 9.17) is 0 Å². The van der Waals surface area contributed by atoms with Crippen LogP contribution in [0.25, 0.3) is 0 Å². The lowest BCUT2D eigenvalue weighted by Gasteiger charge is -2.31. The van der Waals surface area contributed by atoms with Gasteiger partial charge in [-0.1, -0.05) is 13.0 Å². The van der Waals surface area contributed by atoms with Crippen molar-refractivity contribution in [1.29, 1.82) is 0 Å². The van der Waals surface area contributed by atoms with Gasteiger partial charge in [0.15, 0.2) is 0 Å². The maximum Gasteiger partial charge on any atom is 0.387 e. The summed E-state index contributed by atoms with van der Waals surface area (Å²) in [6, 6.07) is 5.58. The van der Waals surface area contributed by atoms with Gasteiger partial charge >= 0.3 is 6.61 Å². The fourth-order valence-corrected chi connectivity index (χ4v) is 2.73. The number of aliphatic hydroxyl groups is 1. The summed E-state index contributed by atoms with van der Waals surface area (Å²) < 4.78 is 28.7. The Kier molecular flexibility index (Phi) is 6.93. The first-order valence-corrected chi connectivity index (χ1v) is 8.17. The van der Waals surface area contributed by atoms with Crippen molar-refractivity contribution in [1.82, 2.24) is 10.2 Å². The standard InChI is InChI=1S/C17H24F2N2O3/c1-12-5-7-21(8-6-12)11-14(22)10-20-16(23)13-3-2-4-15(9-13)24-17(18)19/h2-4,9,12,14,17,22H,5-8,10-11H2,1H3,(H,20,23). The zero-order valence-corrected chi connectivity index (χ0v) is 13.8. The molecule has 1 fully saturated rings. The van der Waals surface area contributed by atoms with Crippen molar-refractivity contribution in [3.8, 4) is 5.75 Å². The van der Waals surface area contributed by atoms with Crippen LogP contribution in [0.2, 0.25) is 0 Å². The number of ether oxygens (including phenoxy) is 1. The minimum atomic E-state index is -2.93. The maximum atomic E-state index is 12.2. The van der Waals surface area contributed by atoms with E-state index >= 15 is 0 Å². The van der Waals surface area contributed by atoms with E-state index in [0.717, 1.165) is 31.8 Å². The normalized spacial score (nSPS) is 17.7. The van der Waals surface area contributed by atoms with Crippen molar-refractivity contribution >= 4 is 5.91 Å². The molecule has 1 amide bonds. The molecule has 1 atom stereocenters. The smallest absolute Gasteiger partial charge is 0.387 e. The van der Waals surface area contributed by atoms with Gasteiger partial charge in [-0.3, -0.25) is 4.79 Å². The van der Waals surface area contributed by atoms with Gasteiger partial charge in [0.1, 0.15) is 5.75 Å². The number of alkyl halides is 2. The Hall–Kier alpha value is -1.73. The molecule has 1 aromatic carbocycles. The van der Waals surface area contributed by atoms with E-state index in [9.17, 15) is 18.7 Å². The predicted octanol–water partition coefficient (Wildman–Crippen LogP) is 2.11. The largest absolute Gasteiger partial charge is 0.435 e. The van der Waals surface area contributed by atoms with Crippen molar-refractivity contribution in [3.05, 3.63) is 29.8 Å². The number of hydrogen-bond donors (Lipinski definition) is 2. The number of hydrogen-bond acceptors (Lipinski definition) is 4. The lowest BCUT2D eigenvalue weighted by molar-refractivity contribution is -0.0498. The van der Waals surface area contributed by atoms with Crippen LogP contribution in [0.5, 0.6) is 5.75 Å². The molecular weight excluding hydrogens is 318 g/mol. The van der Waals surface area contributed by atoms with Crippen LogP contribution in [0.4, 0.5) is 8.78 Å². The quantitative estimate of drug-likeness (QED) is 0.797.